The van der Waals surface area contributed by atoms with Crippen molar-refractivity contribution in [3.05, 3.63) is 54.6 Å². The number of nitrogens with zero attached hydrogens (tertiary/aromatic N) is 2. The summed E-state index contributed by atoms with van der Waals surface area (Å²) in [7, 11) is 1.58. The van der Waals surface area contributed by atoms with E-state index in [9.17, 15) is 24.3 Å². The first kappa shape index (κ1) is 36.4. The summed E-state index contributed by atoms with van der Waals surface area (Å²) in [6, 6.07) is 13.9. The molecule has 1 aromatic heterocycles. The second-order valence-corrected chi connectivity index (χ2v) is 14.0. The minimum Gasteiger partial charge on any atom is -0.497 e. The topological polar surface area (TPSA) is 156 Å². The molecule has 3 heterocycles. The summed E-state index contributed by atoms with van der Waals surface area (Å²) < 4.78 is 17.6. The first-order valence-electron chi connectivity index (χ1n) is 17.5. The summed E-state index contributed by atoms with van der Waals surface area (Å²) >= 11 is 0. The first-order valence-corrected chi connectivity index (χ1v) is 17.5. The van der Waals surface area contributed by atoms with Gasteiger partial charge in [0.15, 0.2) is 0 Å². The lowest BCUT2D eigenvalue weighted by atomic mass is 10.0. The number of hydrogen-bond donors (Lipinski definition) is 3. The summed E-state index contributed by atoms with van der Waals surface area (Å²) in [4.78, 5) is 59.6. The number of amides is 3. The zero-order chi connectivity index (χ0) is 35.8. The van der Waals surface area contributed by atoms with Crippen molar-refractivity contribution in [3.8, 4) is 22.8 Å². The molecule has 1 unspecified atom stereocenters. The molecule has 12 heteroatoms. The van der Waals surface area contributed by atoms with Gasteiger partial charge in [0.2, 0.25) is 11.8 Å². The van der Waals surface area contributed by atoms with Crippen LogP contribution in [0.15, 0.2) is 54.6 Å². The average Bonchev–Trinajstić information content (AvgIpc) is 3.50. The molecule has 0 radical (unpaired) electrons. The van der Waals surface area contributed by atoms with Crippen molar-refractivity contribution in [2.45, 2.75) is 108 Å². The van der Waals surface area contributed by atoms with Crippen LogP contribution < -0.4 is 20.1 Å². The van der Waals surface area contributed by atoms with Crippen LogP contribution in [-0.2, 0) is 19.1 Å². The third kappa shape index (κ3) is 9.42. The lowest BCUT2D eigenvalue weighted by Gasteiger charge is -2.30. The number of carbonyl (C=O) groups is 4. The van der Waals surface area contributed by atoms with E-state index in [4.69, 9.17) is 19.2 Å². The highest BCUT2D eigenvalue weighted by atomic mass is 16.6. The maximum absolute atomic E-state index is 14.3. The van der Waals surface area contributed by atoms with Crippen LogP contribution >= 0.6 is 0 Å². The number of fused-ring (bicyclic) bond motifs is 2. The van der Waals surface area contributed by atoms with Crippen molar-refractivity contribution in [1.29, 1.82) is 0 Å². The summed E-state index contributed by atoms with van der Waals surface area (Å²) in [6.45, 7) is 5.28. The molecule has 0 saturated carbocycles. The lowest BCUT2D eigenvalue weighted by Crippen LogP contribution is -2.55. The smallest absolute Gasteiger partial charge is 0.408 e. The molecule has 0 aliphatic carbocycles. The Morgan fingerprint density at radius 2 is 1.66 bits per heavy atom. The van der Waals surface area contributed by atoms with E-state index >= 15 is 0 Å². The number of nitrogens with one attached hydrogen (secondary N) is 2. The van der Waals surface area contributed by atoms with Crippen molar-refractivity contribution in [2.24, 2.45) is 0 Å². The number of carbonyl (C=O) groups excluding carboxylic acids is 3. The molecule has 2 aromatic carbocycles. The molecule has 50 heavy (non-hydrogen) atoms. The molecule has 268 valence electrons. The Hall–Kier alpha value is -4.87. The average molecular weight is 689 g/mol. The fourth-order valence-electron chi connectivity index (χ4n) is 6.55. The number of methoxy groups -OCH3 is 1. The number of aromatic nitrogens is 1. The van der Waals surface area contributed by atoms with Crippen molar-refractivity contribution < 1.29 is 38.5 Å². The van der Waals surface area contributed by atoms with Crippen LogP contribution in [0.4, 0.5) is 4.79 Å². The lowest BCUT2D eigenvalue weighted by molar-refractivity contribution is -0.144. The largest absolute Gasteiger partial charge is 0.497 e. The normalized spacial score (nSPS) is 22.4. The molecule has 4 atom stereocenters. The van der Waals surface area contributed by atoms with Gasteiger partial charge in [-0.25, -0.2) is 14.6 Å². The molecule has 0 spiro atoms. The van der Waals surface area contributed by atoms with Crippen molar-refractivity contribution >= 4 is 34.8 Å². The molecule has 5 rings (SSSR count). The number of pyridine rings is 1. The molecule has 2 aliphatic rings. The first-order chi connectivity index (χ1) is 23.9. The van der Waals surface area contributed by atoms with Crippen LogP contribution in [-0.4, -0.2) is 82.4 Å². The Bertz CT molecular complexity index is 1670. The number of benzene rings is 2. The zero-order valence-corrected chi connectivity index (χ0v) is 29.3. The van der Waals surface area contributed by atoms with Gasteiger partial charge in [-0.15, -0.1) is 0 Å². The highest BCUT2D eigenvalue weighted by molar-refractivity contribution is 5.94. The van der Waals surface area contributed by atoms with Gasteiger partial charge < -0.3 is 34.9 Å². The summed E-state index contributed by atoms with van der Waals surface area (Å²) in [5.41, 5.74) is 1.43. The number of hydrogen-bond acceptors (Lipinski definition) is 8. The standard InChI is InChI=1S/C38H48N4O8/c1-38(2,3)50-37(47)41-28-16-12-7-5-6-8-13-17-29(36(45)46)40-34(43)32-21-26(23-42(32)35(28)44)49-33-22-30(24-14-10-9-11-15-24)39-31-20-25(48-4)18-19-27(31)33/h9-11,14-15,18-20,22,26,28-29,32H,5-8,12-13,16-17,21,23H2,1-4H3,(H,40,43)(H,41,47)(H,45,46)/t26-,28+,29-,32?/m1/s1. The quantitative estimate of drug-likeness (QED) is 0.289. The van der Waals surface area contributed by atoms with E-state index in [1.54, 1.807) is 27.9 Å². The predicted molar refractivity (Wildman–Crippen MR) is 188 cm³/mol. The number of alkyl carbamates (subject to hydrolysis) is 1. The second-order valence-electron chi connectivity index (χ2n) is 14.0. The monoisotopic (exact) mass is 688 g/mol. The van der Waals surface area contributed by atoms with Crippen LogP contribution in [0.25, 0.3) is 22.2 Å². The van der Waals surface area contributed by atoms with Gasteiger partial charge >= 0.3 is 12.1 Å². The number of carboxylic acid groups (broad SMARTS) is 1. The van der Waals surface area contributed by atoms with Gasteiger partial charge in [-0.1, -0.05) is 68.9 Å². The summed E-state index contributed by atoms with van der Waals surface area (Å²) in [5, 5.41) is 16.1. The fraction of sp³-hybridized carbons (Fsp3) is 0.500. The number of carboxylic acids is 1. The Labute approximate surface area is 292 Å². The molecule has 3 amide bonds. The van der Waals surface area contributed by atoms with E-state index in [2.05, 4.69) is 10.6 Å². The minimum atomic E-state index is -1.12. The van der Waals surface area contributed by atoms with E-state index in [0.29, 0.717) is 48.4 Å². The maximum Gasteiger partial charge on any atom is 0.408 e. The van der Waals surface area contributed by atoms with Gasteiger partial charge in [0.1, 0.15) is 41.3 Å². The highest BCUT2D eigenvalue weighted by Gasteiger charge is 2.44. The minimum absolute atomic E-state index is 0.0435. The predicted octanol–water partition coefficient (Wildman–Crippen LogP) is 5.86. The number of ether oxygens (including phenoxy) is 3. The van der Waals surface area contributed by atoms with Gasteiger partial charge in [-0.2, -0.15) is 0 Å². The zero-order valence-electron chi connectivity index (χ0n) is 29.3. The van der Waals surface area contributed by atoms with Gasteiger partial charge in [0.05, 0.1) is 24.9 Å². The summed E-state index contributed by atoms with van der Waals surface area (Å²) in [5.74, 6) is -0.992. The SMILES string of the molecule is COc1ccc2c(O[C@@H]3CC4C(=O)N[C@@H](C(=O)O)CCCCCCCC[C@H](NC(=O)OC(C)(C)C)C(=O)N4C3)cc(-c3ccccc3)nc2c1. The van der Waals surface area contributed by atoms with Gasteiger partial charge in [0.25, 0.3) is 0 Å². The number of rotatable bonds is 6. The molecule has 2 saturated heterocycles. The molecule has 2 fully saturated rings. The Morgan fingerprint density at radius 1 is 0.960 bits per heavy atom. The molecule has 2 aliphatic heterocycles. The van der Waals surface area contributed by atoms with Crippen LogP contribution in [0.2, 0.25) is 0 Å². The van der Waals surface area contributed by atoms with Gasteiger partial charge in [-0.3, -0.25) is 9.59 Å². The molecule has 0 bridgehead atoms. The van der Waals surface area contributed by atoms with Gasteiger partial charge in [0, 0.05) is 29.5 Å². The molecule has 12 nitrogen and oxygen atoms in total. The summed E-state index contributed by atoms with van der Waals surface area (Å²) in [6.07, 6.45) is 4.26. The van der Waals surface area contributed by atoms with Crippen molar-refractivity contribution in [2.75, 3.05) is 13.7 Å². The van der Waals surface area contributed by atoms with E-state index in [0.717, 1.165) is 36.6 Å². The van der Waals surface area contributed by atoms with E-state index in [-0.39, 0.29) is 13.0 Å². The van der Waals surface area contributed by atoms with E-state index in [1.165, 1.54) is 4.90 Å². The van der Waals surface area contributed by atoms with Crippen molar-refractivity contribution in [3.63, 3.8) is 0 Å². The maximum atomic E-state index is 14.3. The molecular formula is C38H48N4O8. The molecular weight excluding hydrogens is 640 g/mol. The molecule has 3 aromatic rings. The van der Waals surface area contributed by atoms with Crippen LogP contribution in [0, 0.1) is 0 Å². The molecule has 3 N–H and O–H groups in total. The Balaban J connectivity index is 1.49. The fourth-order valence-corrected chi connectivity index (χ4v) is 6.55. The Kier molecular flexibility index (Phi) is 11.8. The highest BCUT2D eigenvalue weighted by Crippen LogP contribution is 2.35. The van der Waals surface area contributed by atoms with Gasteiger partial charge in [-0.05, 0) is 45.7 Å². The third-order valence-corrected chi connectivity index (χ3v) is 9.03. The van der Waals surface area contributed by atoms with E-state index in [1.807, 2.05) is 54.6 Å². The van der Waals surface area contributed by atoms with Crippen LogP contribution in [0.3, 0.4) is 0 Å². The third-order valence-electron chi connectivity index (χ3n) is 9.03. The van der Waals surface area contributed by atoms with Crippen LogP contribution in [0.5, 0.6) is 11.5 Å². The van der Waals surface area contributed by atoms with E-state index < -0.39 is 53.7 Å². The second kappa shape index (κ2) is 16.2. The van der Waals surface area contributed by atoms with Crippen LogP contribution in [0.1, 0.15) is 78.6 Å². The van der Waals surface area contributed by atoms with Crippen molar-refractivity contribution in [1.82, 2.24) is 20.5 Å². The Morgan fingerprint density at radius 3 is 2.34 bits per heavy atom. The number of aliphatic carboxylic acids is 1.